The molecule has 126 valence electrons. The van der Waals surface area contributed by atoms with Gasteiger partial charge in [0.1, 0.15) is 5.75 Å². The predicted molar refractivity (Wildman–Crippen MR) is 96.7 cm³/mol. The molecule has 2 aromatic carbocycles. The fourth-order valence-corrected chi connectivity index (χ4v) is 2.27. The highest BCUT2D eigenvalue weighted by molar-refractivity contribution is 7.80. The number of hydrogen-bond donors (Lipinski definition) is 2. The molecule has 0 heterocycles. The van der Waals surface area contributed by atoms with Crippen molar-refractivity contribution in [3.63, 3.8) is 0 Å². The molecule has 0 bridgehead atoms. The minimum Gasteiger partial charge on any atom is -0.433 e. The number of halogens is 2. The molecule has 0 atom stereocenters. The third-order valence-corrected chi connectivity index (χ3v) is 3.44. The van der Waals surface area contributed by atoms with Crippen LogP contribution in [0, 0.1) is 0 Å². The van der Waals surface area contributed by atoms with Crippen LogP contribution < -0.4 is 15.5 Å². The zero-order valence-electron chi connectivity index (χ0n) is 13.1. The molecule has 0 aliphatic carbocycles. The van der Waals surface area contributed by atoms with Gasteiger partial charge in [0.2, 0.25) is 0 Å². The molecule has 7 heteroatoms. The zero-order valence-corrected chi connectivity index (χ0v) is 13.9. The normalized spacial score (nSPS) is 11.4. The summed E-state index contributed by atoms with van der Waals surface area (Å²) in [5.41, 5.74) is 3.60. The Morgan fingerprint density at radius 3 is 2.79 bits per heavy atom. The van der Waals surface area contributed by atoms with E-state index in [-0.39, 0.29) is 5.75 Å². The summed E-state index contributed by atoms with van der Waals surface area (Å²) in [4.78, 5) is 0. The second-order valence-electron chi connectivity index (χ2n) is 4.85. The van der Waals surface area contributed by atoms with E-state index in [1.165, 1.54) is 0 Å². The van der Waals surface area contributed by atoms with Gasteiger partial charge in [-0.3, -0.25) is 5.43 Å². The molecule has 4 nitrogen and oxygen atoms in total. The van der Waals surface area contributed by atoms with Gasteiger partial charge in [0.15, 0.2) is 5.11 Å². The van der Waals surface area contributed by atoms with Crippen LogP contribution in [-0.2, 0) is 0 Å². The maximum atomic E-state index is 12.8. The van der Waals surface area contributed by atoms with Crippen LogP contribution in [-0.4, -0.2) is 24.0 Å². The van der Waals surface area contributed by atoms with E-state index < -0.39 is 6.61 Å². The van der Waals surface area contributed by atoms with E-state index >= 15 is 0 Å². The largest absolute Gasteiger partial charge is 0.433 e. The van der Waals surface area contributed by atoms with Crippen molar-refractivity contribution in [1.82, 2.24) is 10.7 Å². The van der Waals surface area contributed by atoms with E-state index in [4.69, 9.17) is 17.0 Å². The molecular formula is C17H17F2N3OS. The number of benzene rings is 2. The first-order valence-electron chi connectivity index (χ1n) is 7.19. The minimum absolute atomic E-state index is 0.0936. The van der Waals surface area contributed by atoms with Crippen LogP contribution in [0.25, 0.3) is 10.8 Å². The molecule has 2 N–H and O–H groups in total. The average Bonchev–Trinajstić information content (AvgIpc) is 2.57. The van der Waals surface area contributed by atoms with Gasteiger partial charge in [-0.2, -0.15) is 13.9 Å². The number of hydrazone groups is 1. The molecule has 0 spiro atoms. The molecule has 24 heavy (non-hydrogen) atoms. The van der Waals surface area contributed by atoms with E-state index in [9.17, 15) is 8.78 Å². The molecule has 0 aliphatic heterocycles. The van der Waals surface area contributed by atoms with E-state index in [1.807, 2.05) is 18.2 Å². The topological polar surface area (TPSA) is 45.7 Å². The predicted octanol–water partition coefficient (Wildman–Crippen LogP) is 3.82. The molecule has 0 aliphatic rings. The SMILES string of the molecule is C=CCNC(=S)N/N=C(/C)c1ccc2ccccc2c1OC(F)F. The first-order valence-corrected chi connectivity index (χ1v) is 7.59. The maximum absolute atomic E-state index is 12.8. The molecule has 0 saturated carbocycles. The fourth-order valence-electron chi connectivity index (χ4n) is 2.14. The minimum atomic E-state index is -2.93. The van der Waals surface area contributed by atoms with E-state index in [0.29, 0.717) is 28.3 Å². The number of fused-ring (bicyclic) bond motifs is 1. The van der Waals surface area contributed by atoms with Gasteiger partial charge in [-0.15, -0.1) is 6.58 Å². The fraction of sp³-hybridized carbons (Fsp3) is 0.176. The Kier molecular flexibility index (Phi) is 6.20. The van der Waals surface area contributed by atoms with Gasteiger partial charge in [-0.05, 0) is 30.6 Å². The number of ether oxygens (including phenoxy) is 1. The molecule has 2 rings (SSSR count). The lowest BCUT2D eigenvalue weighted by Gasteiger charge is -2.14. The lowest BCUT2D eigenvalue weighted by Crippen LogP contribution is -2.32. The van der Waals surface area contributed by atoms with Crippen molar-refractivity contribution in [2.45, 2.75) is 13.5 Å². The highest BCUT2D eigenvalue weighted by atomic mass is 32.1. The average molecular weight is 349 g/mol. The Balaban J connectivity index is 2.35. The molecular weight excluding hydrogens is 332 g/mol. The van der Waals surface area contributed by atoms with Crippen LogP contribution in [0.15, 0.2) is 54.2 Å². The van der Waals surface area contributed by atoms with Gasteiger partial charge in [0.05, 0.1) is 5.71 Å². The van der Waals surface area contributed by atoms with Crippen LogP contribution in [0.2, 0.25) is 0 Å². The lowest BCUT2D eigenvalue weighted by atomic mass is 10.0. The smallest absolute Gasteiger partial charge is 0.387 e. The zero-order chi connectivity index (χ0) is 17.5. The van der Waals surface area contributed by atoms with Gasteiger partial charge in [0.25, 0.3) is 0 Å². The van der Waals surface area contributed by atoms with Crippen molar-refractivity contribution in [2.75, 3.05) is 6.54 Å². The Labute approximate surface area is 144 Å². The molecule has 0 unspecified atom stereocenters. The highest BCUT2D eigenvalue weighted by Gasteiger charge is 2.15. The highest BCUT2D eigenvalue weighted by Crippen LogP contribution is 2.31. The number of nitrogens with zero attached hydrogens (tertiary/aromatic N) is 1. The van der Waals surface area contributed by atoms with Crippen LogP contribution in [0.3, 0.4) is 0 Å². The van der Waals surface area contributed by atoms with Crippen molar-refractivity contribution in [3.8, 4) is 5.75 Å². The van der Waals surface area contributed by atoms with Crippen LogP contribution in [0.5, 0.6) is 5.75 Å². The van der Waals surface area contributed by atoms with Gasteiger partial charge >= 0.3 is 6.61 Å². The van der Waals surface area contributed by atoms with Crippen molar-refractivity contribution in [3.05, 3.63) is 54.6 Å². The van der Waals surface area contributed by atoms with E-state index in [0.717, 1.165) is 5.39 Å². The summed E-state index contributed by atoms with van der Waals surface area (Å²) in [5.74, 6) is 0.0936. The van der Waals surface area contributed by atoms with Crippen molar-refractivity contribution < 1.29 is 13.5 Å². The molecule has 0 radical (unpaired) electrons. The molecule has 0 fully saturated rings. The van der Waals surface area contributed by atoms with Crippen LogP contribution in [0.4, 0.5) is 8.78 Å². The van der Waals surface area contributed by atoms with Crippen LogP contribution in [0.1, 0.15) is 12.5 Å². The molecule has 0 amide bonds. The standard InChI is InChI=1S/C17H17F2N3OS/c1-3-10-20-17(24)22-21-11(2)13-9-8-12-6-4-5-7-14(12)15(13)23-16(18)19/h3-9,16H,1,10H2,2H3,(H2,20,22,24)/b21-11-. The third kappa shape index (κ3) is 4.48. The molecule has 2 aromatic rings. The summed E-state index contributed by atoms with van der Waals surface area (Å²) < 4.78 is 30.4. The Bertz CT molecular complexity index is 778. The summed E-state index contributed by atoms with van der Waals surface area (Å²) in [5, 5.41) is 8.70. The Morgan fingerprint density at radius 1 is 1.33 bits per heavy atom. The van der Waals surface area contributed by atoms with E-state index in [2.05, 4.69) is 22.4 Å². The summed E-state index contributed by atoms with van der Waals surface area (Å²) in [6, 6.07) is 10.7. The maximum Gasteiger partial charge on any atom is 0.387 e. The van der Waals surface area contributed by atoms with E-state index in [1.54, 1.807) is 31.2 Å². The number of rotatable bonds is 6. The quantitative estimate of drug-likeness (QED) is 0.360. The van der Waals surface area contributed by atoms with Gasteiger partial charge in [0, 0.05) is 17.5 Å². The Hall–Kier alpha value is -2.54. The first-order chi connectivity index (χ1) is 11.5. The van der Waals surface area contributed by atoms with Crippen molar-refractivity contribution >= 4 is 33.8 Å². The third-order valence-electron chi connectivity index (χ3n) is 3.21. The summed E-state index contributed by atoms with van der Waals surface area (Å²) in [6.45, 7) is 2.83. The first kappa shape index (κ1) is 17.8. The number of hydrogen-bond acceptors (Lipinski definition) is 3. The number of thiocarbonyl (C=S) groups is 1. The van der Waals surface area contributed by atoms with Crippen molar-refractivity contribution in [1.29, 1.82) is 0 Å². The summed E-state index contributed by atoms with van der Waals surface area (Å²) in [7, 11) is 0. The van der Waals surface area contributed by atoms with Crippen LogP contribution >= 0.6 is 12.2 Å². The summed E-state index contributed by atoms with van der Waals surface area (Å²) in [6.07, 6.45) is 1.66. The number of nitrogens with one attached hydrogen (secondary N) is 2. The van der Waals surface area contributed by atoms with Gasteiger partial charge in [-0.1, -0.05) is 36.4 Å². The molecule has 0 saturated heterocycles. The second-order valence-corrected chi connectivity index (χ2v) is 5.26. The second kappa shape index (κ2) is 8.35. The monoisotopic (exact) mass is 349 g/mol. The lowest BCUT2D eigenvalue weighted by molar-refractivity contribution is -0.0489. The number of alkyl halides is 2. The summed E-state index contributed by atoms with van der Waals surface area (Å²) >= 11 is 5.04. The molecule has 0 aromatic heterocycles. The van der Waals surface area contributed by atoms with Gasteiger partial charge < -0.3 is 10.1 Å². The Morgan fingerprint density at radius 2 is 2.08 bits per heavy atom. The van der Waals surface area contributed by atoms with Crippen molar-refractivity contribution in [2.24, 2.45) is 5.10 Å². The van der Waals surface area contributed by atoms with Gasteiger partial charge in [-0.25, -0.2) is 0 Å².